The normalized spacial score (nSPS) is 12.7. The summed E-state index contributed by atoms with van der Waals surface area (Å²) in [6, 6.07) is 0. The Bertz CT molecular complexity index is 200. The third-order valence-electron chi connectivity index (χ3n) is 4.96. The van der Waals surface area contributed by atoms with Gasteiger partial charge in [0.2, 0.25) is 0 Å². The van der Waals surface area contributed by atoms with Crippen LogP contribution in [0.15, 0.2) is 0 Å². The Morgan fingerprint density at radius 1 is 0.478 bits per heavy atom. The highest BCUT2D eigenvalue weighted by molar-refractivity contribution is 6.20. The van der Waals surface area contributed by atoms with Gasteiger partial charge in [0.25, 0.3) is 0 Å². The van der Waals surface area contributed by atoms with E-state index >= 15 is 0 Å². The van der Waals surface area contributed by atoms with Gasteiger partial charge in [-0.1, -0.05) is 122 Å². The quantitative estimate of drug-likeness (QED) is 0.162. The zero-order chi connectivity index (χ0) is 17.0. The maximum atomic E-state index is 5.95. The first-order chi connectivity index (χ1) is 11.3. The molecule has 140 valence electrons. The number of hydrogen-bond donors (Lipinski definition) is 0. The minimum atomic E-state index is 0.371. The molecule has 0 aromatic rings. The van der Waals surface area contributed by atoms with Gasteiger partial charge in [0.1, 0.15) is 0 Å². The molecule has 0 rings (SSSR count). The number of hydrogen-bond acceptors (Lipinski definition) is 0. The lowest BCUT2D eigenvalue weighted by Crippen LogP contribution is -1.90. The van der Waals surface area contributed by atoms with Crippen LogP contribution in [0.2, 0.25) is 0 Å². The number of rotatable bonds is 19. The van der Waals surface area contributed by atoms with Gasteiger partial charge < -0.3 is 0 Å². The van der Waals surface area contributed by atoms with Crippen LogP contribution in [0.25, 0.3) is 0 Å². The molecule has 0 fully saturated rings. The molecule has 0 nitrogen and oxygen atoms in total. The van der Waals surface area contributed by atoms with E-state index in [0.717, 1.165) is 0 Å². The van der Waals surface area contributed by atoms with Crippen molar-refractivity contribution in [2.24, 2.45) is 0 Å². The van der Waals surface area contributed by atoms with Crippen molar-refractivity contribution >= 4 is 11.6 Å². The van der Waals surface area contributed by atoms with Gasteiger partial charge in [-0.25, -0.2) is 0 Å². The van der Waals surface area contributed by atoms with Crippen molar-refractivity contribution in [2.45, 2.75) is 141 Å². The Hall–Kier alpha value is 0.290. The van der Waals surface area contributed by atoms with Crippen LogP contribution >= 0.6 is 11.6 Å². The largest absolute Gasteiger partial charge is 0.123 e. The topological polar surface area (TPSA) is 0 Å². The van der Waals surface area contributed by atoms with E-state index in [2.05, 4.69) is 13.8 Å². The lowest BCUT2D eigenvalue weighted by molar-refractivity contribution is 0.523. The molecule has 0 aromatic carbocycles. The molecule has 0 spiro atoms. The third kappa shape index (κ3) is 22.3. The summed E-state index contributed by atoms with van der Waals surface area (Å²) in [5.74, 6) is 0. The van der Waals surface area contributed by atoms with Gasteiger partial charge in [-0.15, -0.1) is 11.6 Å². The molecule has 1 heteroatoms. The van der Waals surface area contributed by atoms with Crippen LogP contribution in [0.5, 0.6) is 0 Å². The number of alkyl halides is 1. The van der Waals surface area contributed by atoms with Crippen LogP contribution in [0.4, 0.5) is 0 Å². The van der Waals surface area contributed by atoms with E-state index in [1.54, 1.807) is 0 Å². The fourth-order valence-electron chi connectivity index (χ4n) is 3.33. The average molecular weight is 345 g/mol. The van der Waals surface area contributed by atoms with Crippen LogP contribution in [0.1, 0.15) is 136 Å². The molecule has 0 heterocycles. The lowest BCUT2D eigenvalue weighted by Gasteiger charge is -2.04. The molecule has 0 aromatic heterocycles. The molecule has 23 heavy (non-hydrogen) atoms. The summed E-state index contributed by atoms with van der Waals surface area (Å²) >= 11 is 5.95. The van der Waals surface area contributed by atoms with E-state index in [1.165, 1.54) is 122 Å². The van der Waals surface area contributed by atoms with E-state index < -0.39 is 0 Å². The summed E-state index contributed by atoms with van der Waals surface area (Å²) < 4.78 is 0. The van der Waals surface area contributed by atoms with E-state index in [9.17, 15) is 0 Å². The Balaban J connectivity index is 2.95. The molecule has 0 amide bonds. The molecule has 0 saturated heterocycles. The van der Waals surface area contributed by atoms with E-state index in [4.69, 9.17) is 11.6 Å². The monoisotopic (exact) mass is 344 g/mol. The molecule has 0 aliphatic carbocycles. The first-order valence-electron chi connectivity index (χ1n) is 10.9. The zero-order valence-corrected chi connectivity index (χ0v) is 17.1. The summed E-state index contributed by atoms with van der Waals surface area (Å²) in [5, 5.41) is 0.371. The summed E-state index contributed by atoms with van der Waals surface area (Å²) in [5.41, 5.74) is 0. The van der Waals surface area contributed by atoms with Gasteiger partial charge in [-0.2, -0.15) is 0 Å². The fourth-order valence-corrected chi connectivity index (χ4v) is 3.48. The van der Waals surface area contributed by atoms with Crippen LogP contribution in [-0.2, 0) is 0 Å². The maximum absolute atomic E-state index is 5.95. The Morgan fingerprint density at radius 2 is 0.739 bits per heavy atom. The highest BCUT2D eigenvalue weighted by Gasteiger charge is 1.97. The minimum absolute atomic E-state index is 0.371. The Morgan fingerprint density at radius 3 is 1.00 bits per heavy atom. The standard InChI is InChI=1S/C22H45Cl/c1-3-4-5-6-7-8-9-10-11-12-13-14-15-16-17-18-19-20-21-22(2)23/h22H,3-21H2,1-2H3/t22-/m0/s1. The summed E-state index contributed by atoms with van der Waals surface area (Å²) in [4.78, 5) is 0. The summed E-state index contributed by atoms with van der Waals surface area (Å²) in [6.07, 6.45) is 27.2. The molecule has 0 unspecified atom stereocenters. The highest BCUT2D eigenvalue weighted by Crippen LogP contribution is 2.15. The van der Waals surface area contributed by atoms with Crippen LogP contribution < -0.4 is 0 Å². The predicted octanol–water partition coefficient (Wildman–Crippen LogP) is 9.05. The van der Waals surface area contributed by atoms with Gasteiger partial charge in [0.05, 0.1) is 0 Å². The van der Waals surface area contributed by atoms with Crippen molar-refractivity contribution in [3.63, 3.8) is 0 Å². The lowest BCUT2D eigenvalue weighted by atomic mass is 10.0. The van der Waals surface area contributed by atoms with Gasteiger partial charge in [0, 0.05) is 5.38 Å². The van der Waals surface area contributed by atoms with Crippen LogP contribution in [0, 0.1) is 0 Å². The minimum Gasteiger partial charge on any atom is -0.123 e. The van der Waals surface area contributed by atoms with Gasteiger partial charge in [-0.05, 0) is 13.3 Å². The molecule has 0 saturated carbocycles. The van der Waals surface area contributed by atoms with Gasteiger partial charge >= 0.3 is 0 Å². The van der Waals surface area contributed by atoms with Crippen molar-refractivity contribution in [1.82, 2.24) is 0 Å². The first kappa shape index (κ1) is 23.3. The van der Waals surface area contributed by atoms with E-state index in [-0.39, 0.29) is 0 Å². The zero-order valence-electron chi connectivity index (χ0n) is 16.4. The molecule has 0 N–H and O–H groups in total. The van der Waals surface area contributed by atoms with Crippen molar-refractivity contribution < 1.29 is 0 Å². The fraction of sp³-hybridized carbons (Fsp3) is 1.00. The summed E-state index contributed by atoms with van der Waals surface area (Å²) in [6.45, 7) is 4.40. The smallest absolute Gasteiger partial charge is 0.0307 e. The molecule has 0 aliphatic heterocycles. The van der Waals surface area contributed by atoms with Gasteiger partial charge in [-0.3, -0.25) is 0 Å². The SMILES string of the molecule is CCCCCCCCCCCCCCCCCCCC[C@H](C)Cl. The van der Waals surface area contributed by atoms with Crippen molar-refractivity contribution in [3.8, 4) is 0 Å². The second-order valence-electron chi connectivity index (χ2n) is 7.58. The average Bonchev–Trinajstić information content (AvgIpc) is 2.53. The van der Waals surface area contributed by atoms with Crippen LogP contribution in [0.3, 0.4) is 0 Å². The third-order valence-corrected chi connectivity index (χ3v) is 5.17. The summed E-state index contributed by atoms with van der Waals surface area (Å²) in [7, 11) is 0. The van der Waals surface area contributed by atoms with Crippen molar-refractivity contribution in [1.29, 1.82) is 0 Å². The second kappa shape index (κ2) is 20.3. The first-order valence-corrected chi connectivity index (χ1v) is 11.3. The number of halogens is 1. The highest BCUT2D eigenvalue weighted by atomic mass is 35.5. The molecule has 0 radical (unpaired) electrons. The molecular weight excluding hydrogens is 300 g/mol. The van der Waals surface area contributed by atoms with Crippen molar-refractivity contribution in [3.05, 3.63) is 0 Å². The molecule has 1 atom stereocenters. The Labute approximate surface area is 153 Å². The molecule has 0 aliphatic rings. The van der Waals surface area contributed by atoms with Crippen LogP contribution in [-0.4, -0.2) is 5.38 Å². The van der Waals surface area contributed by atoms with E-state index in [1.807, 2.05) is 0 Å². The van der Waals surface area contributed by atoms with Crippen molar-refractivity contribution in [2.75, 3.05) is 0 Å². The molecular formula is C22H45Cl. The van der Waals surface area contributed by atoms with Gasteiger partial charge in [0.15, 0.2) is 0 Å². The predicted molar refractivity (Wildman–Crippen MR) is 109 cm³/mol. The Kier molecular flexibility index (Phi) is 20.6. The maximum Gasteiger partial charge on any atom is 0.0307 e. The second-order valence-corrected chi connectivity index (χ2v) is 8.32. The number of unbranched alkanes of at least 4 members (excludes halogenated alkanes) is 17. The molecule has 0 bridgehead atoms. The van der Waals surface area contributed by atoms with E-state index in [0.29, 0.717) is 5.38 Å².